The summed E-state index contributed by atoms with van der Waals surface area (Å²) < 4.78 is 44.0. The van der Waals surface area contributed by atoms with E-state index in [0.29, 0.717) is 5.56 Å². The Morgan fingerprint density at radius 2 is 1.66 bits per heavy atom. The molecule has 1 fully saturated rings. The summed E-state index contributed by atoms with van der Waals surface area (Å²) in [7, 11) is 0. The summed E-state index contributed by atoms with van der Waals surface area (Å²) in [5.41, 5.74) is 0.250. The second kappa shape index (κ2) is 9.32. The average molecular weight is 449 g/mol. The highest BCUT2D eigenvalue weighted by atomic mass is 19.4. The SMILES string of the molecule is CC(C)C(OCc1ccc(C(F)(F)F)cc1)C(=O)NC1(c2ccc(C(=O)O)cc2)CCC1. The highest BCUT2D eigenvalue weighted by Crippen LogP contribution is 2.41. The predicted octanol–water partition coefficient (Wildman–Crippen LogP) is 5.14. The molecule has 1 amide bonds. The Morgan fingerprint density at radius 1 is 1.06 bits per heavy atom. The fraction of sp³-hybridized carbons (Fsp3) is 0.417. The van der Waals surface area contributed by atoms with Crippen molar-refractivity contribution in [3.8, 4) is 0 Å². The fourth-order valence-electron chi connectivity index (χ4n) is 3.80. The fourth-order valence-corrected chi connectivity index (χ4v) is 3.80. The smallest absolute Gasteiger partial charge is 0.416 e. The third-order valence-corrected chi connectivity index (χ3v) is 5.83. The van der Waals surface area contributed by atoms with Crippen molar-refractivity contribution in [2.24, 2.45) is 5.92 Å². The molecule has 172 valence electrons. The number of nitrogens with one attached hydrogen (secondary N) is 1. The van der Waals surface area contributed by atoms with Gasteiger partial charge in [0.05, 0.1) is 23.3 Å². The molecular weight excluding hydrogens is 423 g/mol. The molecule has 3 rings (SSSR count). The Bertz CT molecular complexity index is 949. The summed E-state index contributed by atoms with van der Waals surface area (Å²) in [5, 5.41) is 12.2. The molecule has 2 aromatic rings. The maximum absolute atomic E-state index is 13.1. The van der Waals surface area contributed by atoms with E-state index in [1.807, 2.05) is 13.8 Å². The molecular formula is C24H26F3NO4. The maximum Gasteiger partial charge on any atom is 0.416 e. The van der Waals surface area contributed by atoms with Crippen molar-refractivity contribution < 1.29 is 32.6 Å². The highest BCUT2D eigenvalue weighted by Gasteiger charge is 2.42. The number of carboxylic acids is 1. The minimum Gasteiger partial charge on any atom is -0.478 e. The van der Waals surface area contributed by atoms with Crippen LogP contribution in [-0.4, -0.2) is 23.1 Å². The van der Waals surface area contributed by atoms with Gasteiger partial charge in [0.15, 0.2) is 0 Å². The van der Waals surface area contributed by atoms with Gasteiger partial charge in [-0.15, -0.1) is 0 Å². The number of carbonyl (C=O) groups is 2. The molecule has 1 aliphatic carbocycles. The van der Waals surface area contributed by atoms with E-state index in [1.165, 1.54) is 24.3 Å². The van der Waals surface area contributed by atoms with E-state index >= 15 is 0 Å². The molecule has 0 saturated heterocycles. The Labute approximate surface area is 184 Å². The van der Waals surface area contributed by atoms with Gasteiger partial charge in [0.2, 0.25) is 5.91 Å². The Morgan fingerprint density at radius 3 is 2.09 bits per heavy atom. The lowest BCUT2D eigenvalue weighted by Crippen LogP contribution is -2.54. The van der Waals surface area contributed by atoms with Gasteiger partial charge < -0.3 is 15.2 Å². The number of amides is 1. The molecule has 2 aromatic carbocycles. The molecule has 2 N–H and O–H groups in total. The van der Waals surface area contributed by atoms with Gasteiger partial charge in [-0.2, -0.15) is 13.2 Å². The summed E-state index contributed by atoms with van der Waals surface area (Å²) in [6, 6.07) is 11.1. The Balaban J connectivity index is 1.68. The Hall–Kier alpha value is -2.87. The molecule has 1 unspecified atom stereocenters. The van der Waals surface area contributed by atoms with E-state index in [0.717, 1.165) is 37.0 Å². The molecule has 0 radical (unpaired) electrons. The van der Waals surface area contributed by atoms with Crippen LogP contribution >= 0.6 is 0 Å². The van der Waals surface area contributed by atoms with E-state index in [1.54, 1.807) is 12.1 Å². The molecule has 8 heteroatoms. The zero-order valence-electron chi connectivity index (χ0n) is 17.9. The second-order valence-electron chi connectivity index (χ2n) is 8.48. The first kappa shape index (κ1) is 23.8. The molecule has 0 aromatic heterocycles. The van der Waals surface area contributed by atoms with Crippen LogP contribution in [0.1, 0.15) is 60.2 Å². The van der Waals surface area contributed by atoms with Crippen LogP contribution in [0.5, 0.6) is 0 Å². The highest BCUT2D eigenvalue weighted by molar-refractivity contribution is 5.87. The minimum absolute atomic E-state index is 0.00864. The van der Waals surface area contributed by atoms with Crippen molar-refractivity contribution >= 4 is 11.9 Å². The summed E-state index contributed by atoms with van der Waals surface area (Å²) in [6.45, 7) is 3.69. The van der Waals surface area contributed by atoms with Crippen LogP contribution in [0, 0.1) is 5.92 Å². The van der Waals surface area contributed by atoms with Gasteiger partial charge >= 0.3 is 12.1 Å². The number of carbonyl (C=O) groups excluding carboxylic acids is 1. The molecule has 5 nitrogen and oxygen atoms in total. The third-order valence-electron chi connectivity index (χ3n) is 5.83. The summed E-state index contributed by atoms with van der Waals surface area (Å²) >= 11 is 0. The zero-order valence-corrected chi connectivity index (χ0v) is 17.9. The topological polar surface area (TPSA) is 75.6 Å². The number of rotatable bonds is 8. The molecule has 1 saturated carbocycles. The number of halogens is 3. The molecule has 0 bridgehead atoms. The lowest BCUT2D eigenvalue weighted by molar-refractivity contribution is -0.140. The van der Waals surface area contributed by atoms with Gasteiger partial charge in [0.1, 0.15) is 6.10 Å². The second-order valence-corrected chi connectivity index (χ2v) is 8.48. The number of ether oxygens (including phenoxy) is 1. The van der Waals surface area contributed by atoms with Crippen molar-refractivity contribution in [3.63, 3.8) is 0 Å². The summed E-state index contributed by atoms with van der Waals surface area (Å²) in [4.78, 5) is 24.2. The van der Waals surface area contributed by atoms with E-state index in [-0.39, 0.29) is 24.0 Å². The number of alkyl halides is 3. The van der Waals surface area contributed by atoms with Gasteiger partial charge in [-0.05, 0) is 60.6 Å². The van der Waals surface area contributed by atoms with Gasteiger partial charge in [-0.1, -0.05) is 38.1 Å². The number of hydrogen-bond donors (Lipinski definition) is 2. The molecule has 1 atom stereocenters. The molecule has 0 aliphatic heterocycles. The normalized spacial score (nSPS) is 16.3. The van der Waals surface area contributed by atoms with Crippen molar-refractivity contribution in [2.75, 3.05) is 0 Å². The van der Waals surface area contributed by atoms with Gasteiger partial charge in [0.25, 0.3) is 0 Å². The summed E-state index contributed by atoms with van der Waals surface area (Å²) in [6.07, 6.45) is -2.80. The molecule has 0 spiro atoms. The first-order chi connectivity index (χ1) is 15.0. The van der Waals surface area contributed by atoms with Crippen molar-refractivity contribution in [3.05, 3.63) is 70.8 Å². The van der Waals surface area contributed by atoms with Crippen LogP contribution in [0.15, 0.2) is 48.5 Å². The lowest BCUT2D eigenvalue weighted by atomic mass is 9.71. The zero-order chi connectivity index (χ0) is 23.5. The van der Waals surface area contributed by atoms with E-state index in [4.69, 9.17) is 9.84 Å². The van der Waals surface area contributed by atoms with Crippen LogP contribution in [0.25, 0.3) is 0 Å². The molecule has 32 heavy (non-hydrogen) atoms. The molecule has 1 aliphatic rings. The maximum atomic E-state index is 13.1. The van der Waals surface area contributed by atoms with Crippen molar-refractivity contribution in [2.45, 2.75) is 57.5 Å². The quantitative estimate of drug-likeness (QED) is 0.585. The Kier molecular flexibility index (Phi) is 6.93. The molecule has 0 heterocycles. The number of benzene rings is 2. The monoisotopic (exact) mass is 449 g/mol. The number of hydrogen-bond acceptors (Lipinski definition) is 3. The van der Waals surface area contributed by atoms with Crippen LogP contribution in [-0.2, 0) is 27.9 Å². The number of carboxylic acid groups (broad SMARTS) is 1. The van der Waals surface area contributed by atoms with Gasteiger partial charge in [-0.25, -0.2) is 4.79 Å². The van der Waals surface area contributed by atoms with Crippen LogP contribution in [0.2, 0.25) is 0 Å². The van der Waals surface area contributed by atoms with E-state index < -0.39 is 29.4 Å². The third kappa shape index (κ3) is 5.30. The lowest BCUT2D eigenvalue weighted by Gasteiger charge is -2.44. The first-order valence-electron chi connectivity index (χ1n) is 10.5. The van der Waals surface area contributed by atoms with E-state index in [9.17, 15) is 22.8 Å². The van der Waals surface area contributed by atoms with Crippen LogP contribution in [0.4, 0.5) is 13.2 Å². The van der Waals surface area contributed by atoms with Crippen LogP contribution in [0.3, 0.4) is 0 Å². The number of aromatic carboxylic acids is 1. The van der Waals surface area contributed by atoms with E-state index in [2.05, 4.69) is 5.32 Å². The summed E-state index contributed by atoms with van der Waals surface area (Å²) in [5.74, 6) is -1.47. The standard InChI is InChI=1S/C24H26F3NO4/c1-15(2)20(32-14-16-4-8-19(9-5-16)24(25,26)27)21(29)28-23(12-3-13-23)18-10-6-17(7-11-18)22(30)31/h4-11,15,20H,3,12-14H2,1-2H3,(H,28,29)(H,30,31). The van der Waals surface area contributed by atoms with Gasteiger partial charge in [-0.3, -0.25) is 4.79 Å². The minimum atomic E-state index is -4.40. The van der Waals surface area contributed by atoms with Crippen molar-refractivity contribution in [1.82, 2.24) is 5.32 Å². The average Bonchev–Trinajstić information content (AvgIpc) is 2.70. The first-order valence-corrected chi connectivity index (χ1v) is 10.5. The van der Waals surface area contributed by atoms with Crippen LogP contribution < -0.4 is 5.32 Å². The predicted molar refractivity (Wildman–Crippen MR) is 112 cm³/mol. The largest absolute Gasteiger partial charge is 0.478 e. The van der Waals surface area contributed by atoms with Crippen molar-refractivity contribution in [1.29, 1.82) is 0 Å². The van der Waals surface area contributed by atoms with Gasteiger partial charge in [0, 0.05) is 0 Å².